The Kier molecular flexibility index (Phi) is 7.81. The summed E-state index contributed by atoms with van der Waals surface area (Å²) in [6.45, 7) is 3.96. The molecule has 4 aromatic rings. The number of para-hydroxylation sites is 1. The van der Waals surface area contributed by atoms with Crippen molar-refractivity contribution >= 4 is 39.5 Å². The molecule has 4 fully saturated rings. The average Bonchev–Trinajstić information content (AvgIpc) is 3.80. The molecule has 8 rings (SSSR count). The molecule has 1 aliphatic carbocycles. The summed E-state index contributed by atoms with van der Waals surface area (Å²) in [6.07, 6.45) is 1.01. The first-order valence-corrected chi connectivity index (χ1v) is 16.5. The van der Waals surface area contributed by atoms with Crippen molar-refractivity contribution in [3.63, 3.8) is 0 Å². The molecule has 256 valence electrons. The Bertz CT molecular complexity index is 1980. The maximum atomic E-state index is 14.1. The van der Waals surface area contributed by atoms with Gasteiger partial charge in [-0.1, -0.05) is 24.0 Å². The van der Waals surface area contributed by atoms with Crippen LogP contribution in [-0.4, -0.2) is 93.4 Å². The fourth-order valence-electron chi connectivity index (χ4n) is 7.38. The van der Waals surface area contributed by atoms with Crippen LogP contribution in [0.2, 0.25) is 0 Å². The van der Waals surface area contributed by atoms with Gasteiger partial charge in [0.1, 0.15) is 40.1 Å². The number of morpholine rings is 1. The van der Waals surface area contributed by atoms with E-state index in [9.17, 15) is 23.8 Å². The Hall–Kier alpha value is -4.58. The highest BCUT2D eigenvalue weighted by atomic mass is 19.3. The number of fused-ring (bicyclic) bond motifs is 3. The molecule has 14 heteroatoms. The fraction of sp³-hybridized carbons (Fsp3) is 0.486. The minimum Gasteiger partial charge on any atom is -0.480 e. The molecule has 0 unspecified atom stereocenters. The van der Waals surface area contributed by atoms with Crippen molar-refractivity contribution in [1.82, 2.24) is 15.0 Å². The summed E-state index contributed by atoms with van der Waals surface area (Å²) in [4.78, 5) is 29.1. The summed E-state index contributed by atoms with van der Waals surface area (Å²) >= 11 is 0. The van der Waals surface area contributed by atoms with E-state index in [0.29, 0.717) is 61.4 Å². The quantitative estimate of drug-likeness (QED) is 0.279. The van der Waals surface area contributed by atoms with E-state index in [1.54, 1.807) is 30.5 Å². The van der Waals surface area contributed by atoms with E-state index in [2.05, 4.69) is 38.6 Å². The number of benzene rings is 1. The third-order valence-corrected chi connectivity index (χ3v) is 10.2. The first kappa shape index (κ1) is 31.7. The lowest BCUT2D eigenvalue weighted by molar-refractivity contribution is -0.228. The molecule has 3 saturated heterocycles. The lowest BCUT2D eigenvalue weighted by Crippen LogP contribution is -2.68. The van der Waals surface area contributed by atoms with Crippen LogP contribution in [0, 0.1) is 11.8 Å². The predicted molar refractivity (Wildman–Crippen MR) is 173 cm³/mol. The van der Waals surface area contributed by atoms with Crippen LogP contribution in [0.3, 0.4) is 0 Å². The number of nitrogens with zero attached hydrogens (tertiary/aromatic N) is 5. The van der Waals surface area contributed by atoms with Crippen molar-refractivity contribution < 1.29 is 42.4 Å². The van der Waals surface area contributed by atoms with E-state index in [4.69, 9.17) is 18.6 Å². The van der Waals surface area contributed by atoms with Crippen LogP contribution in [0.5, 0.6) is 5.88 Å². The van der Waals surface area contributed by atoms with Gasteiger partial charge >= 0.3 is 5.97 Å². The molecule has 4 aliphatic rings. The number of carboxylic acid groups (broad SMARTS) is 1. The van der Waals surface area contributed by atoms with E-state index in [-0.39, 0.29) is 41.8 Å². The van der Waals surface area contributed by atoms with Gasteiger partial charge in [-0.05, 0) is 50.8 Å². The monoisotopic (exact) mass is 675 g/mol. The summed E-state index contributed by atoms with van der Waals surface area (Å²) in [7, 11) is 0. The third-order valence-electron chi connectivity index (χ3n) is 10.2. The predicted octanol–water partition coefficient (Wildman–Crippen LogP) is 4.47. The van der Waals surface area contributed by atoms with Crippen LogP contribution in [0.25, 0.3) is 22.1 Å². The zero-order chi connectivity index (χ0) is 33.9. The van der Waals surface area contributed by atoms with Crippen LogP contribution in [0.1, 0.15) is 56.8 Å². The second kappa shape index (κ2) is 12.1. The van der Waals surface area contributed by atoms with Crippen LogP contribution in [0.4, 0.5) is 20.3 Å². The van der Waals surface area contributed by atoms with Gasteiger partial charge in [-0.3, -0.25) is 0 Å². The minimum absolute atomic E-state index is 0.00888. The number of carboxylic acids is 1. The van der Waals surface area contributed by atoms with Gasteiger partial charge in [0.25, 0.3) is 6.43 Å². The molecule has 3 aromatic heterocycles. The number of halogens is 2. The van der Waals surface area contributed by atoms with Crippen LogP contribution in [-0.2, 0) is 14.3 Å². The van der Waals surface area contributed by atoms with Gasteiger partial charge in [-0.2, -0.15) is 0 Å². The SMILES string of the molecule is C[C@@H]1N(c2cc(C#CC3(O)CCCC3)cnc2O[C@H]2C[C@@H](C(=O)O)N(c3nc(C(F)F)nc4c3oc3ccccc34)C2)CCOC12COC2. The molecular weight excluding hydrogens is 640 g/mol. The summed E-state index contributed by atoms with van der Waals surface area (Å²) in [5, 5.41) is 21.7. The number of anilines is 2. The minimum atomic E-state index is -2.99. The highest BCUT2D eigenvalue weighted by Crippen LogP contribution is 2.41. The maximum Gasteiger partial charge on any atom is 0.326 e. The van der Waals surface area contributed by atoms with Gasteiger partial charge in [0.05, 0.1) is 32.4 Å². The second-order valence-electron chi connectivity index (χ2n) is 13.3. The molecule has 1 aromatic carbocycles. The number of rotatable bonds is 6. The van der Waals surface area contributed by atoms with E-state index >= 15 is 0 Å². The van der Waals surface area contributed by atoms with Crippen LogP contribution in [0.15, 0.2) is 40.9 Å². The molecule has 1 saturated carbocycles. The summed E-state index contributed by atoms with van der Waals surface area (Å²) in [6, 6.07) is 7.51. The zero-order valence-corrected chi connectivity index (χ0v) is 26.8. The topological polar surface area (TPSA) is 144 Å². The van der Waals surface area contributed by atoms with Gasteiger partial charge in [-0.25, -0.2) is 28.5 Å². The molecule has 1 spiro atoms. The van der Waals surface area contributed by atoms with Gasteiger partial charge in [-0.15, -0.1) is 0 Å². The Morgan fingerprint density at radius 1 is 1.16 bits per heavy atom. The van der Waals surface area contributed by atoms with Crippen molar-refractivity contribution in [1.29, 1.82) is 0 Å². The molecule has 6 heterocycles. The van der Waals surface area contributed by atoms with E-state index < -0.39 is 41.6 Å². The number of alkyl halides is 2. The maximum absolute atomic E-state index is 14.1. The standard InChI is InChI=1S/C35H35F2N5O7/c1-20-35(18-46-19-35)47-13-12-41(20)24-14-21(8-11-34(45)9-4-5-10-34)16-38-32(24)48-22-15-25(33(43)44)42(17-22)31-28-27(39-30(40-31)29(36)37)23-6-2-3-7-26(23)49-28/h2-3,6-7,14,16,20,22,25,29,45H,4-5,9-10,12-13,15,17-19H2,1H3,(H,43,44)/t20-,22-,25-/m0/s1. The summed E-state index contributed by atoms with van der Waals surface area (Å²) in [5.74, 6) is 4.51. The second-order valence-corrected chi connectivity index (χ2v) is 13.3. The third kappa shape index (κ3) is 5.59. The normalized spacial score (nSPS) is 24.4. The Morgan fingerprint density at radius 3 is 2.69 bits per heavy atom. The van der Waals surface area contributed by atoms with Gasteiger partial charge in [0.15, 0.2) is 17.2 Å². The number of aliphatic carboxylic acids is 1. The molecular formula is C35H35F2N5O7. The smallest absolute Gasteiger partial charge is 0.326 e. The molecule has 49 heavy (non-hydrogen) atoms. The number of hydrogen-bond donors (Lipinski definition) is 2. The van der Waals surface area contributed by atoms with Crippen molar-refractivity contribution in [2.24, 2.45) is 0 Å². The lowest BCUT2D eigenvalue weighted by atomic mass is 9.90. The van der Waals surface area contributed by atoms with Crippen LogP contribution < -0.4 is 14.5 Å². The number of aliphatic hydroxyl groups is 1. The van der Waals surface area contributed by atoms with Gasteiger partial charge in [0, 0.05) is 30.1 Å². The lowest BCUT2D eigenvalue weighted by Gasteiger charge is -2.53. The first-order chi connectivity index (χ1) is 23.6. The number of hydrogen-bond acceptors (Lipinski definition) is 11. The highest BCUT2D eigenvalue weighted by Gasteiger charge is 2.50. The van der Waals surface area contributed by atoms with Gasteiger partial charge in [0.2, 0.25) is 5.88 Å². The largest absolute Gasteiger partial charge is 0.480 e. The summed E-state index contributed by atoms with van der Waals surface area (Å²) in [5.41, 5.74) is 0.474. The summed E-state index contributed by atoms with van der Waals surface area (Å²) < 4.78 is 52.3. The van der Waals surface area contributed by atoms with Crippen molar-refractivity contribution in [3.8, 4) is 17.7 Å². The molecule has 0 amide bonds. The number of furan rings is 1. The van der Waals surface area contributed by atoms with Crippen molar-refractivity contribution in [2.45, 2.75) is 74.8 Å². The van der Waals surface area contributed by atoms with Crippen molar-refractivity contribution in [2.75, 3.05) is 42.7 Å². The van der Waals surface area contributed by atoms with E-state index in [1.807, 2.05) is 6.07 Å². The van der Waals surface area contributed by atoms with Crippen LogP contribution >= 0.6 is 0 Å². The average molecular weight is 676 g/mol. The fourth-order valence-corrected chi connectivity index (χ4v) is 7.38. The Labute approximate surface area is 280 Å². The number of aromatic nitrogens is 3. The molecule has 3 aliphatic heterocycles. The van der Waals surface area contributed by atoms with E-state index in [0.717, 1.165) is 12.8 Å². The Morgan fingerprint density at radius 2 is 1.96 bits per heavy atom. The highest BCUT2D eigenvalue weighted by molar-refractivity contribution is 6.06. The zero-order valence-electron chi connectivity index (χ0n) is 26.8. The number of ether oxygens (including phenoxy) is 3. The molecule has 3 atom stereocenters. The van der Waals surface area contributed by atoms with Gasteiger partial charge < -0.3 is 38.6 Å². The Balaban J connectivity index is 1.15. The molecule has 12 nitrogen and oxygen atoms in total. The van der Waals surface area contributed by atoms with E-state index in [1.165, 1.54) is 4.90 Å². The molecule has 0 radical (unpaired) electrons. The number of carbonyl (C=O) groups is 1. The molecule has 2 N–H and O–H groups in total. The first-order valence-electron chi connectivity index (χ1n) is 16.5. The van der Waals surface area contributed by atoms with Crippen molar-refractivity contribution in [3.05, 3.63) is 47.9 Å². The number of pyridine rings is 1. The molecule has 0 bridgehead atoms.